The largest absolute Gasteiger partial charge is 0.323 e. The Bertz CT molecular complexity index is 371. The molecule has 0 heterocycles. The van der Waals surface area contributed by atoms with E-state index in [1.165, 1.54) is 23.1 Å². The average molecular weight is 248 g/mol. The minimum atomic E-state index is 0.112. The Kier molecular flexibility index (Phi) is 5.83. The molecule has 1 aromatic carbocycles. The summed E-state index contributed by atoms with van der Waals surface area (Å²) in [6.45, 7) is 10.9. The highest BCUT2D eigenvalue weighted by Gasteiger charge is 2.10. The molecule has 0 radical (unpaired) electrons. The zero-order chi connectivity index (χ0) is 13.7. The summed E-state index contributed by atoms with van der Waals surface area (Å²) in [5.41, 5.74) is 10.2. The van der Waals surface area contributed by atoms with E-state index < -0.39 is 0 Å². The lowest BCUT2D eigenvalue weighted by atomic mass is 10.0. The summed E-state index contributed by atoms with van der Waals surface area (Å²) in [5, 5.41) is 0. The van der Waals surface area contributed by atoms with Gasteiger partial charge in [0.1, 0.15) is 0 Å². The maximum atomic E-state index is 6.28. The molecule has 0 aliphatic heterocycles. The number of nitrogens with two attached hydrogens (primary N) is 1. The van der Waals surface area contributed by atoms with E-state index in [-0.39, 0.29) is 6.04 Å². The molecule has 2 N–H and O–H groups in total. The lowest BCUT2D eigenvalue weighted by Crippen LogP contribution is -2.30. The lowest BCUT2D eigenvalue weighted by Gasteiger charge is -2.22. The second-order valence-corrected chi connectivity index (χ2v) is 5.89. The van der Waals surface area contributed by atoms with E-state index in [0.29, 0.717) is 0 Å². The molecule has 0 spiro atoms. The van der Waals surface area contributed by atoms with Crippen LogP contribution in [0.2, 0.25) is 0 Å². The van der Waals surface area contributed by atoms with Gasteiger partial charge in [0.15, 0.2) is 0 Å². The van der Waals surface area contributed by atoms with Gasteiger partial charge in [-0.25, -0.2) is 0 Å². The smallest absolute Gasteiger partial charge is 0.0424 e. The van der Waals surface area contributed by atoms with Crippen molar-refractivity contribution in [3.63, 3.8) is 0 Å². The van der Waals surface area contributed by atoms with Crippen LogP contribution < -0.4 is 5.73 Å². The van der Waals surface area contributed by atoms with Gasteiger partial charge in [0.25, 0.3) is 0 Å². The number of benzene rings is 1. The fourth-order valence-electron chi connectivity index (χ4n) is 2.01. The van der Waals surface area contributed by atoms with Crippen LogP contribution in [-0.2, 0) is 0 Å². The van der Waals surface area contributed by atoms with Crippen molar-refractivity contribution in [2.45, 2.75) is 40.2 Å². The highest BCUT2D eigenvalue weighted by Crippen LogP contribution is 2.16. The number of aryl methyl sites for hydroxylation is 2. The molecule has 0 bridgehead atoms. The Balaban J connectivity index is 2.53. The molecule has 1 aromatic rings. The molecule has 0 amide bonds. The van der Waals surface area contributed by atoms with E-state index in [9.17, 15) is 0 Å². The van der Waals surface area contributed by atoms with Gasteiger partial charge in [-0.3, -0.25) is 0 Å². The predicted octanol–water partition coefficient (Wildman–Crippen LogP) is 3.28. The summed E-state index contributed by atoms with van der Waals surface area (Å²) in [5.74, 6) is 0.755. The van der Waals surface area contributed by atoms with Crippen LogP contribution in [0.25, 0.3) is 0 Å². The summed E-state index contributed by atoms with van der Waals surface area (Å²) in [6, 6.07) is 6.65. The Morgan fingerprint density at radius 3 is 2.39 bits per heavy atom. The van der Waals surface area contributed by atoms with E-state index in [1.807, 2.05) is 0 Å². The van der Waals surface area contributed by atoms with Crippen LogP contribution in [0.4, 0.5) is 0 Å². The van der Waals surface area contributed by atoms with Crippen LogP contribution in [0, 0.1) is 19.8 Å². The minimum Gasteiger partial charge on any atom is -0.323 e. The lowest BCUT2D eigenvalue weighted by molar-refractivity contribution is 0.293. The normalized spacial score (nSPS) is 13.3. The Labute approximate surface area is 112 Å². The quantitative estimate of drug-likeness (QED) is 0.837. The third-order valence-corrected chi connectivity index (χ3v) is 3.56. The second-order valence-electron chi connectivity index (χ2n) is 5.89. The van der Waals surface area contributed by atoms with Gasteiger partial charge in [-0.2, -0.15) is 0 Å². The van der Waals surface area contributed by atoms with Gasteiger partial charge in [-0.1, -0.05) is 32.0 Å². The monoisotopic (exact) mass is 248 g/mol. The molecule has 2 heteroatoms. The van der Waals surface area contributed by atoms with E-state index >= 15 is 0 Å². The first-order chi connectivity index (χ1) is 8.40. The molecule has 18 heavy (non-hydrogen) atoms. The maximum absolute atomic E-state index is 6.28. The van der Waals surface area contributed by atoms with Gasteiger partial charge in [0, 0.05) is 12.6 Å². The molecule has 0 saturated carbocycles. The molecular formula is C16H28N2. The molecule has 0 aromatic heterocycles. The van der Waals surface area contributed by atoms with Gasteiger partial charge < -0.3 is 10.6 Å². The van der Waals surface area contributed by atoms with Gasteiger partial charge >= 0.3 is 0 Å². The first kappa shape index (κ1) is 15.2. The van der Waals surface area contributed by atoms with E-state index in [0.717, 1.165) is 19.0 Å². The van der Waals surface area contributed by atoms with Crippen molar-refractivity contribution >= 4 is 0 Å². The van der Waals surface area contributed by atoms with Crippen LogP contribution in [0.3, 0.4) is 0 Å². The van der Waals surface area contributed by atoms with Crippen molar-refractivity contribution in [2.24, 2.45) is 11.7 Å². The molecule has 0 aliphatic carbocycles. The van der Waals surface area contributed by atoms with Crippen molar-refractivity contribution < 1.29 is 0 Å². The molecule has 1 unspecified atom stereocenters. The van der Waals surface area contributed by atoms with Crippen LogP contribution in [0.5, 0.6) is 0 Å². The fourth-order valence-corrected chi connectivity index (χ4v) is 2.01. The number of hydrogen-bond donors (Lipinski definition) is 1. The van der Waals surface area contributed by atoms with Crippen LogP contribution >= 0.6 is 0 Å². The summed E-state index contributed by atoms with van der Waals surface area (Å²) >= 11 is 0. The number of rotatable bonds is 6. The minimum absolute atomic E-state index is 0.112. The number of hydrogen-bond acceptors (Lipinski definition) is 2. The molecule has 102 valence electrons. The van der Waals surface area contributed by atoms with E-state index in [2.05, 4.69) is 57.8 Å². The predicted molar refractivity (Wildman–Crippen MR) is 79.8 cm³/mol. The highest BCUT2D eigenvalue weighted by molar-refractivity contribution is 5.31. The summed E-state index contributed by atoms with van der Waals surface area (Å²) in [4.78, 5) is 2.33. The van der Waals surface area contributed by atoms with Gasteiger partial charge in [0.05, 0.1) is 0 Å². The first-order valence-electron chi connectivity index (χ1n) is 6.91. The van der Waals surface area contributed by atoms with Crippen LogP contribution in [-0.4, -0.2) is 25.0 Å². The summed E-state index contributed by atoms with van der Waals surface area (Å²) in [7, 11) is 2.16. The van der Waals surface area contributed by atoms with Gasteiger partial charge in [-0.15, -0.1) is 0 Å². The van der Waals surface area contributed by atoms with E-state index in [1.54, 1.807) is 0 Å². The molecular weight excluding hydrogens is 220 g/mol. The Morgan fingerprint density at radius 1 is 1.17 bits per heavy atom. The van der Waals surface area contributed by atoms with Gasteiger partial charge in [0.2, 0.25) is 0 Å². The van der Waals surface area contributed by atoms with E-state index in [4.69, 9.17) is 5.73 Å². The van der Waals surface area contributed by atoms with Crippen LogP contribution in [0.15, 0.2) is 18.2 Å². The van der Waals surface area contributed by atoms with Crippen LogP contribution in [0.1, 0.15) is 43.0 Å². The maximum Gasteiger partial charge on any atom is 0.0424 e. The third kappa shape index (κ3) is 4.79. The standard InChI is InChI=1S/C16H28N2/c1-12(2)8-9-18(5)11-16(17)15-7-6-13(3)14(4)10-15/h6-7,10,12,16H,8-9,11,17H2,1-5H3. The summed E-state index contributed by atoms with van der Waals surface area (Å²) in [6.07, 6.45) is 1.23. The zero-order valence-corrected chi connectivity index (χ0v) is 12.5. The molecule has 0 fully saturated rings. The highest BCUT2D eigenvalue weighted by atomic mass is 15.1. The molecule has 2 nitrogen and oxygen atoms in total. The van der Waals surface area contributed by atoms with Crippen molar-refractivity contribution in [1.82, 2.24) is 4.90 Å². The summed E-state index contributed by atoms with van der Waals surface area (Å²) < 4.78 is 0. The molecule has 1 atom stereocenters. The van der Waals surface area contributed by atoms with Crippen molar-refractivity contribution in [2.75, 3.05) is 20.1 Å². The zero-order valence-electron chi connectivity index (χ0n) is 12.5. The molecule has 0 saturated heterocycles. The number of nitrogens with zero attached hydrogens (tertiary/aromatic N) is 1. The third-order valence-electron chi connectivity index (χ3n) is 3.56. The molecule has 1 rings (SSSR count). The van der Waals surface area contributed by atoms with Crippen molar-refractivity contribution in [1.29, 1.82) is 0 Å². The Hall–Kier alpha value is -0.860. The van der Waals surface area contributed by atoms with Crippen molar-refractivity contribution in [3.8, 4) is 0 Å². The Morgan fingerprint density at radius 2 is 1.83 bits per heavy atom. The first-order valence-corrected chi connectivity index (χ1v) is 6.91. The number of likely N-dealkylation sites (N-methyl/N-ethyl adjacent to an activating group) is 1. The average Bonchev–Trinajstić information content (AvgIpc) is 2.30. The second kappa shape index (κ2) is 6.91. The SMILES string of the molecule is Cc1ccc(C(N)CN(C)CCC(C)C)cc1C. The van der Waals surface area contributed by atoms with Gasteiger partial charge in [-0.05, 0) is 56.5 Å². The fraction of sp³-hybridized carbons (Fsp3) is 0.625. The van der Waals surface area contributed by atoms with Crippen molar-refractivity contribution in [3.05, 3.63) is 34.9 Å². The topological polar surface area (TPSA) is 29.3 Å². The molecule has 0 aliphatic rings.